The maximum atomic E-state index is 12.2. The van der Waals surface area contributed by atoms with Crippen molar-refractivity contribution in [3.63, 3.8) is 0 Å². The van der Waals surface area contributed by atoms with Crippen molar-refractivity contribution in [3.05, 3.63) is 70.4 Å². The van der Waals surface area contributed by atoms with Crippen LogP contribution < -0.4 is 4.74 Å². The van der Waals surface area contributed by atoms with Gasteiger partial charge in [0.15, 0.2) is 0 Å². The highest BCUT2D eigenvalue weighted by atomic mass is 32.1. The first-order valence-corrected chi connectivity index (χ1v) is 6.93. The van der Waals surface area contributed by atoms with Gasteiger partial charge in [-0.3, -0.25) is 0 Å². The number of phenols is 1. The van der Waals surface area contributed by atoms with E-state index in [4.69, 9.17) is 4.74 Å². The first-order valence-electron chi connectivity index (χ1n) is 6.05. The van der Waals surface area contributed by atoms with Gasteiger partial charge in [-0.15, -0.1) is 11.3 Å². The molecule has 1 aromatic carbocycles. The summed E-state index contributed by atoms with van der Waals surface area (Å²) in [6.45, 7) is 1.86. The fraction of sp³-hybridized carbons (Fsp3) is 0.0625. The van der Waals surface area contributed by atoms with E-state index < -0.39 is 5.97 Å². The van der Waals surface area contributed by atoms with Crippen molar-refractivity contribution in [2.75, 3.05) is 0 Å². The average Bonchev–Trinajstić information content (AvgIpc) is 2.53. The van der Waals surface area contributed by atoms with Gasteiger partial charge in [0.05, 0.1) is 0 Å². The van der Waals surface area contributed by atoms with Crippen molar-refractivity contribution in [2.24, 2.45) is 0 Å². The quantitative estimate of drug-likeness (QED) is 0.667. The minimum Gasteiger partial charge on any atom is -0.508 e. The van der Waals surface area contributed by atoms with E-state index in [0.29, 0.717) is 10.6 Å². The number of phenolic OH excluding ortho intramolecular Hbond substituents is 1. The molecule has 1 N–H and O–H groups in total. The molecule has 2 rings (SSSR count). The predicted octanol–water partition coefficient (Wildman–Crippen LogP) is 4.11. The molecule has 0 unspecified atom stereocenters. The van der Waals surface area contributed by atoms with E-state index >= 15 is 0 Å². The van der Waals surface area contributed by atoms with Crippen molar-refractivity contribution in [1.29, 1.82) is 0 Å². The number of esters is 1. The number of ether oxygens (including phenoxy) is 1. The zero-order valence-electron chi connectivity index (χ0n) is 10.9. The SMILES string of the molecule is Cc1ccccccsc1C(=O)Oc1ccc(O)cc1. The van der Waals surface area contributed by atoms with E-state index in [1.807, 2.05) is 42.6 Å². The molecule has 0 bridgehead atoms. The lowest BCUT2D eigenvalue weighted by atomic mass is 10.2. The molecule has 0 atom stereocenters. The zero-order valence-corrected chi connectivity index (χ0v) is 11.8. The van der Waals surface area contributed by atoms with E-state index in [-0.39, 0.29) is 5.75 Å². The summed E-state index contributed by atoms with van der Waals surface area (Å²) in [6, 6.07) is 15.4. The second kappa shape index (κ2) is 6.73. The van der Waals surface area contributed by atoms with Gasteiger partial charge in [-0.25, -0.2) is 4.79 Å². The van der Waals surface area contributed by atoms with Gasteiger partial charge < -0.3 is 9.84 Å². The Kier molecular flexibility index (Phi) is 4.74. The normalized spacial score (nSPS) is 9.65. The van der Waals surface area contributed by atoms with Gasteiger partial charge in [0.2, 0.25) is 0 Å². The van der Waals surface area contributed by atoms with Gasteiger partial charge in [0.1, 0.15) is 16.4 Å². The molecule has 1 aromatic heterocycles. The van der Waals surface area contributed by atoms with Crippen molar-refractivity contribution < 1.29 is 14.6 Å². The monoisotopic (exact) mass is 286 g/mol. The van der Waals surface area contributed by atoms with Crippen molar-refractivity contribution in [3.8, 4) is 11.5 Å². The molecule has 4 heteroatoms. The minimum atomic E-state index is -0.408. The third-order valence-corrected chi connectivity index (χ3v) is 3.55. The molecular weight excluding hydrogens is 272 g/mol. The Balaban J connectivity index is 2.30. The van der Waals surface area contributed by atoms with Gasteiger partial charge in [-0.1, -0.05) is 30.3 Å². The second-order valence-electron chi connectivity index (χ2n) is 4.09. The number of aromatic hydroxyl groups is 1. The van der Waals surface area contributed by atoms with Crippen LogP contribution in [0.4, 0.5) is 0 Å². The maximum absolute atomic E-state index is 12.2. The Hall–Kier alpha value is -2.33. The van der Waals surface area contributed by atoms with Crippen LogP contribution in [0.3, 0.4) is 0 Å². The highest BCUT2D eigenvalue weighted by Crippen LogP contribution is 2.19. The molecule has 0 aliphatic rings. The van der Waals surface area contributed by atoms with Crippen LogP contribution >= 0.6 is 11.3 Å². The van der Waals surface area contributed by atoms with Crippen molar-refractivity contribution in [2.45, 2.75) is 6.92 Å². The first kappa shape index (κ1) is 14.1. The molecular formula is C16H14O3S. The number of hydrogen-bond acceptors (Lipinski definition) is 4. The van der Waals surface area contributed by atoms with Crippen molar-refractivity contribution >= 4 is 17.3 Å². The molecule has 0 saturated carbocycles. The van der Waals surface area contributed by atoms with Crippen LogP contribution in [-0.4, -0.2) is 11.1 Å². The van der Waals surface area contributed by atoms with Crippen LogP contribution in [-0.2, 0) is 0 Å². The minimum absolute atomic E-state index is 0.133. The van der Waals surface area contributed by atoms with Crippen molar-refractivity contribution in [1.82, 2.24) is 0 Å². The fourth-order valence-electron chi connectivity index (χ4n) is 1.53. The molecule has 0 aliphatic heterocycles. The zero-order chi connectivity index (χ0) is 14.4. The summed E-state index contributed by atoms with van der Waals surface area (Å²) in [6.07, 6.45) is 0. The van der Waals surface area contributed by atoms with Gasteiger partial charge in [-0.2, -0.15) is 0 Å². The Morgan fingerprint density at radius 1 is 1.05 bits per heavy atom. The van der Waals surface area contributed by atoms with Crippen LogP contribution in [0.15, 0.2) is 60.0 Å². The van der Waals surface area contributed by atoms with Crippen LogP contribution in [0.1, 0.15) is 15.2 Å². The maximum Gasteiger partial charge on any atom is 0.353 e. The van der Waals surface area contributed by atoms with Gasteiger partial charge in [0.25, 0.3) is 0 Å². The molecule has 0 spiro atoms. The highest BCUT2D eigenvalue weighted by molar-refractivity contribution is 7.11. The standard InChI is InChI=1S/C16H14O3S/c1-12-6-4-2-3-5-11-20-15(12)16(18)19-14-9-7-13(17)8-10-14/h2-11,17H,1H3. The Morgan fingerprint density at radius 2 is 1.75 bits per heavy atom. The van der Waals surface area contributed by atoms with Gasteiger partial charge >= 0.3 is 5.97 Å². The second-order valence-corrected chi connectivity index (χ2v) is 5.00. The van der Waals surface area contributed by atoms with E-state index in [0.717, 1.165) is 5.56 Å². The molecule has 0 fully saturated rings. The van der Waals surface area contributed by atoms with E-state index in [1.165, 1.54) is 23.5 Å². The van der Waals surface area contributed by atoms with E-state index in [1.54, 1.807) is 12.1 Å². The Morgan fingerprint density at radius 3 is 2.50 bits per heavy atom. The molecule has 0 radical (unpaired) electrons. The summed E-state index contributed by atoms with van der Waals surface area (Å²) >= 11 is 1.32. The highest BCUT2D eigenvalue weighted by Gasteiger charge is 2.10. The summed E-state index contributed by atoms with van der Waals surface area (Å²) in [4.78, 5) is 12.7. The summed E-state index contributed by atoms with van der Waals surface area (Å²) in [5.41, 5.74) is 0.843. The molecule has 1 heterocycles. The number of hydrogen-bond donors (Lipinski definition) is 1. The number of rotatable bonds is 2. The van der Waals surface area contributed by atoms with Crippen LogP contribution in [0.5, 0.6) is 11.5 Å². The number of carbonyl (C=O) groups excluding carboxylic acids is 1. The Labute approximate surface area is 121 Å². The smallest absolute Gasteiger partial charge is 0.353 e. The summed E-state index contributed by atoms with van der Waals surface area (Å²) in [7, 11) is 0. The molecule has 2 aromatic rings. The lowest BCUT2D eigenvalue weighted by Gasteiger charge is -2.04. The fourth-order valence-corrected chi connectivity index (χ4v) is 2.22. The largest absolute Gasteiger partial charge is 0.508 e. The summed E-state index contributed by atoms with van der Waals surface area (Å²) in [5.74, 6) is 0.128. The third-order valence-electron chi connectivity index (χ3n) is 2.53. The first-order chi connectivity index (χ1) is 9.66. The van der Waals surface area contributed by atoms with Crippen LogP contribution in [0, 0.1) is 6.92 Å². The molecule has 102 valence electrons. The topological polar surface area (TPSA) is 46.5 Å². The van der Waals surface area contributed by atoms with E-state index in [2.05, 4.69) is 0 Å². The molecule has 20 heavy (non-hydrogen) atoms. The molecule has 0 aliphatic carbocycles. The summed E-state index contributed by atoms with van der Waals surface area (Å²) in [5, 5.41) is 11.0. The number of benzene rings is 1. The number of aryl methyl sites for hydroxylation is 1. The Bertz CT molecular complexity index is 643. The van der Waals surface area contributed by atoms with E-state index in [9.17, 15) is 9.90 Å². The molecule has 0 saturated heterocycles. The molecule has 3 nitrogen and oxygen atoms in total. The molecule has 0 amide bonds. The van der Waals surface area contributed by atoms with Gasteiger partial charge in [0, 0.05) is 0 Å². The number of carbonyl (C=O) groups is 1. The third kappa shape index (κ3) is 3.83. The average molecular weight is 286 g/mol. The summed E-state index contributed by atoms with van der Waals surface area (Å²) < 4.78 is 5.30. The predicted molar refractivity (Wildman–Crippen MR) is 79.7 cm³/mol. The van der Waals surface area contributed by atoms with Crippen LogP contribution in [0.25, 0.3) is 0 Å². The lowest BCUT2D eigenvalue weighted by molar-refractivity contribution is 0.0739. The van der Waals surface area contributed by atoms with Crippen LogP contribution in [0.2, 0.25) is 0 Å². The van der Waals surface area contributed by atoms with Gasteiger partial charge in [-0.05, 0) is 42.1 Å². The lowest BCUT2D eigenvalue weighted by Crippen LogP contribution is -2.08.